The minimum absolute atomic E-state index is 0.797. The Morgan fingerprint density at radius 3 is 2.50 bits per heavy atom. The molecule has 0 heterocycles. The van der Waals surface area contributed by atoms with Crippen LogP contribution < -0.4 is 0 Å². The van der Waals surface area contributed by atoms with E-state index in [0.29, 0.717) is 0 Å². The molecular weight excluding hydrogens is 172 g/mol. The lowest BCUT2D eigenvalue weighted by atomic mass is 10.1. The van der Waals surface area contributed by atoms with Crippen LogP contribution in [0.15, 0.2) is 30.3 Å². The standard InChI is InChI=1S/C13H16O/c1-2-3-5-12-7-9-13(10-8-12)6-4-11-14/h4,6-11H,2-3,5H2,1H3. The number of unbranched alkanes of at least 4 members (excludes halogenated alkanes) is 1. The van der Waals surface area contributed by atoms with Crippen molar-refractivity contribution < 1.29 is 4.79 Å². The second kappa shape index (κ2) is 6.14. The van der Waals surface area contributed by atoms with Crippen molar-refractivity contribution in [2.45, 2.75) is 26.2 Å². The zero-order valence-corrected chi connectivity index (χ0v) is 8.57. The Bertz CT molecular complexity index is 296. The first-order valence-corrected chi connectivity index (χ1v) is 5.07. The molecule has 0 unspecified atom stereocenters. The number of carbonyl (C=O) groups excluding carboxylic acids is 1. The molecule has 1 heteroatoms. The number of hydrogen-bond acceptors (Lipinski definition) is 1. The molecule has 0 aliphatic rings. The quantitative estimate of drug-likeness (QED) is 0.512. The Balaban J connectivity index is 2.59. The third kappa shape index (κ3) is 3.56. The molecule has 0 fully saturated rings. The summed E-state index contributed by atoms with van der Waals surface area (Å²) in [4.78, 5) is 10.1. The van der Waals surface area contributed by atoms with Gasteiger partial charge in [-0.1, -0.05) is 43.7 Å². The van der Waals surface area contributed by atoms with Crippen molar-refractivity contribution >= 4 is 12.4 Å². The molecule has 0 saturated heterocycles. The van der Waals surface area contributed by atoms with E-state index in [9.17, 15) is 4.79 Å². The third-order valence-corrected chi connectivity index (χ3v) is 2.17. The van der Waals surface area contributed by atoms with E-state index in [1.54, 1.807) is 0 Å². The predicted molar refractivity (Wildman–Crippen MR) is 60.2 cm³/mol. The van der Waals surface area contributed by atoms with Crippen LogP contribution >= 0.6 is 0 Å². The Morgan fingerprint density at radius 2 is 1.93 bits per heavy atom. The maximum Gasteiger partial charge on any atom is 0.142 e. The van der Waals surface area contributed by atoms with Gasteiger partial charge in [-0.15, -0.1) is 0 Å². The van der Waals surface area contributed by atoms with E-state index in [1.165, 1.54) is 24.5 Å². The molecule has 1 nitrogen and oxygen atoms in total. The minimum atomic E-state index is 0.797. The van der Waals surface area contributed by atoms with Crippen molar-refractivity contribution in [3.05, 3.63) is 41.5 Å². The molecule has 0 saturated carbocycles. The van der Waals surface area contributed by atoms with Gasteiger partial charge in [0.1, 0.15) is 6.29 Å². The largest absolute Gasteiger partial charge is 0.299 e. The van der Waals surface area contributed by atoms with Crippen molar-refractivity contribution in [1.82, 2.24) is 0 Å². The normalized spacial score (nSPS) is 10.6. The first-order valence-electron chi connectivity index (χ1n) is 5.07. The highest BCUT2D eigenvalue weighted by atomic mass is 16.1. The van der Waals surface area contributed by atoms with E-state index in [4.69, 9.17) is 0 Å². The van der Waals surface area contributed by atoms with Crippen molar-refractivity contribution in [3.8, 4) is 0 Å². The van der Waals surface area contributed by atoms with Gasteiger partial charge in [0.2, 0.25) is 0 Å². The van der Waals surface area contributed by atoms with E-state index in [2.05, 4.69) is 19.1 Å². The fraction of sp³-hybridized carbons (Fsp3) is 0.308. The van der Waals surface area contributed by atoms with Crippen LogP contribution in [-0.2, 0) is 11.2 Å². The Kier molecular flexibility index (Phi) is 4.70. The van der Waals surface area contributed by atoms with Gasteiger partial charge in [0.15, 0.2) is 0 Å². The van der Waals surface area contributed by atoms with Crippen LogP contribution in [-0.4, -0.2) is 6.29 Å². The van der Waals surface area contributed by atoms with Crippen LogP contribution in [0.25, 0.3) is 6.08 Å². The Morgan fingerprint density at radius 1 is 1.21 bits per heavy atom. The van der Waals surface area contributed by atoms with Gasteiger partial charge in [-0.2, -0.15) is 0 Å². The number of allylic oxidation sites excluding steroid dienone is 1. The monoisotopic (exact) mass is 188 g/mol. The lowest BCUT2D eigenvalue weighted by Gasteiger charge is -1.99. The zero-order valence-electron chi connectivity index (χ0n) is 8.57. The molecule has 0 aliphatic carbocycles. The summed E-state index contributed by atoms with van der Waals surface area (Å²) in [6.07, 6.45) is 7.74. The molecule has 1 rings (SSSR count). The van der Waals surface area contributed by atoms with Crippen molar-refractivity contribution in [1.29, 1.82) is 0 Å². The van der Waals surface area contributed by atoms with Gasteiger partial charge in [0.05, 0.1) is 0 Å². The molecule has 0 atom stereocenters. The summed E-state index contributed by atoms with van der Waals surface area (Å²) in [6, 6.07) is 8.34. The Hall–Kier alpha value is -1.37. The van der Waals surface area contributed by atoms with Crippen LogP contribution in [0.5, 0.6) is 0 Å². The Labute approximate surface area is 85.5 Å². The van der Waals surface area contributed by atoms with Gasteiger partial charge in [-0.25, -0.2) is 0 Å². The van der Waals surface area contributed by atoms with Gasteiger partial charge < -0.3 is 0 Å². The number of hydrogen-bond donors (Lipinski definition) is 0. The van der Waals surface area contributed by atoms with Crippen LogP contribution in [0.1, 0.15) is 30.9 Å². The van der Waals surface area contributed by atoms with Crippen LogP contribution in [0.4, 0.5) is 0 Å². The molecule has 0 amide bonds. The van der Waals surface area contributed by atoms with E-state index in [0.717, 1.165) is 18.3 Å². The van der Waals surface area contributed by atoms with Gasteiger partial charge in [-0.3, -0.25) is 4.79 Å². The first-order chi connectivity index (χ1) is 6.86. The summed E-state index contributed by atoms with van der Waals surface area (Å²) in [5, 5.41) is 0. The molecule has 0 bridgehead atoms. The second-order valence-electron chi connectivity index (χ2n) is 3.34. The van der Waals surface area contributed by atoms with E-state index in [-0.39, 0.29) is 0 Å². The summed E-state index contributed by atoms with van der Waals surface area (Å²) in [6.45, 7) is 2.20. The predicted octanol–water partition coefficient (Wildman–Crippen LogP) is 3.24. The molecule has 1 aromatic rings. The summed E-state index contributed by atoms with van der Waals surface area (Å²) in [5.41, 5.74) is 2.45. The molecule has 74 valence electrons. The van der Waals surface area contributed by atoms with Crippen molar-refractivity contribution in [2.24, 2.45) is 0 Å². The lowest BCUT2D eigenvalue weighted by Crippen LogP contribution is -1.84. The minimum Gasteiger partial charge on any atom is -0.299 e. The molecule has 0 spiro atoms. The number of benzene rings is 1. The second-order valence-corrected chi connectivity index (χ2v) is 3.34. The molecule has 0 radical (unpaired) electrons. The number of aldehydes is 1. The van der Waals surface area contributed by atoms with Crippen LogP contribution in [0, 0.1) is 0 Å². The maximum absolute atomic E-state index is 10.1. The van der Waals surface area contributed by atoms with E-state index < -0.39 is 0 Å². The van der Waals surface area contributed by atoms with E-state index in [1.807, 2.05) is 18.2 Å². The lowest BCUT2D eigenvalue weighted by molar-refractivity contribution is -0.104. The average molecular weight is 188 g/mol. The topological polar surface area (TPSA) is 17.1 Å². The van der Waals surface area contributed by atoms with Gasteiger partial charge >= 0.3 is 0 Å². The van der Waals surface area contributed by atoms with Crippen LogP contribution in [0.3, 0.4) is 0 Å². The summed E-state index contributed by atoms with van der Waals surface area (Å²) >= 11 is 0. The molecule has 0 N–H and O–H groups in total. The van der Waals surface area contributed by atoms with Gasteiger partial charge in [0.25, 0.3) is 0 Å². The highest BCUT2D eigenvalue weighted by Gasteiger charge is 1.91. The number of rotatable bonds is 5. The molecular formula is C13H16O. The van der Waals surface area contributed by atoms with Crippen molar-refractivity contribution in [2.75, 3.05) is 0 Å². The smallest absolute Gasteiger partial charge is 0.142 e. The van der Waals surface area contributed by atoms with Gasteiger partial charge in [-0.05, 0) is 30.0 Å². The SMILES string of the molecule is CCCCc1ccc(C=CC=O)cc1. The van der Waals surface area contributed by atoms with Gasteiger partial charge in [0, 0.05) is 0 Å². The zero-order chi connectivity index (χ0) is 10.2. The summed E-state index contributed by atoms with van der Waals surface area (Å²) in [5.74, 6) is 0. The molecule has 0 aliphatic heterocycles. The highest BCUT2D eigenvalue weighted by Crippen LogP contribution is 2.08. The average Bonchev–Trinajstić information content (AvgIpc) is 2.25. The summed E-state index contributed by atoms with van der Waals surface area (Å²) < 4.78 is 0. The molecule has 0 aromatic heterocycles. The number of aryl methyl sites for hydroxylation is 1. The molecule has 14 heavy (non-hydrogen) atoms. The summed E-state index contributed by atoms with van der Waals surface area (Å²) in [7, 11) is 0. The van der Waals surface area contributed by atoms with Crippen molar-refractivity contribution in [3.63, 3.8) is 0 Å². The third-order valence-electron chi connectivity index (χ3n) is 2.17. The fourth-order valence-corrected chi connectivity index (χ4v) is 1.33. The first kappa shape index (κ1) is 10.7. The van der Waals surface area contributed by atoms with E-state index >= 15 is 0 Å². The fourth-order valence-electron chi connectivity index (χ4n) is 1.33. The highest BCUT2D eigenvalue weighted by molar-refractivity contribution is 5.73. The molecule has 1 aromatic carbocycles. The van der Waals surface area contributed by atoms with Crippen LogP contribution in [0.2, 0.25) is 0 Å². The maximum atomic E-state index is 10.1. The number of carbonyl (C=O) groups is 1.